The van der Waals surface area contributed by atoms with Gasteiger partial charge in [-0.05, 0) is 22.3 Å². The van der Waals surface area contributed by atoms with Gasteiger partial charge < -0.3 is 17.0 Å². The number of benzene rings is 4. The van der Waals surface area contributed by atoms with Gasteiger partial charge in [-0.15, -0.1) is 23.5 Å². The molecule has 1 amide bonds. The van der Waals surface area contributed by atoms with Crippen LogP contribution in [0.15, 0.2) is 121 Å². The molecule has 0 aliphatic carbocycles. The SMILES string of the molecule is N.NC(=O)CSC(c1ccccc1)c1ccccc1.O=C(O)CSC(c1ccccc1)c1ccccc1.O=S(Cl)Cl. The Morgan fingerprint density at radius 2 is 0.878 bits per heavy atom. The quantitative estimate of drug-likeness (QED) is 0.149. The van der Waals surface area contributed by atoms with E-state index in [0.29, 0.717) is 5.75 Å². The van der Waals surface area contributed by atoms with E-state index in [1.165, 1.54) is 22.9 Å². The Morgan fingerprint density at radius 1 is 0.634 bits per heavy atom. The minimum absolute atomic E-state index is 0. The number of halogens is 2. The number of rotatable bonds is 10. The molecule has 41 heavy (non-hydrogen) atoms. The van der Waals surface area contributed by atoms with Crippen molar-refractivity contribution >= 4 is 66.0 Å². The molecule has 0 radical (unpaired) electrons. The van der Waals surface area contributed by atoms with Crippen LogP contribution >= 0.6 is 44.9 Å². The van der Waals surface area contributed by atoms with Gasteiger partial charge in [0.2, 0.25) is 15.1 Å². The van der Waals surface area contributed by atoms with E-state index < -0.39 is 15.2 Å². The number of primary amides is 1. The number of nitrogens with two attached hydrogens (primary N) is 1. The lowest BCUT2D eigenvalue weighted by Gasteiger charge is -2.16. The van der Waals surface area contributed by atoms with Gasteiger partial charge in [0, 0.05) is 21.4 Å². The molecule has 6 nitrogen and oxygen atoms in total. The third-order valence-electron chi connectivity index (χ3n) is 5.18. The van der Waals surface area contributed by atoms with Gasteiger partial charge in [-0.1, -0.05) is 121 Å². The Bertz CT molecular complexity index is 1130. The van der Waals surface area contributed by atoms with Crippen LogP contribution in [-0.2, 0) is 18.8 Å². The fraction of sp³-hybridized carbons (Fsp3) is 0.133. The van der Waals surface area contributed by atoms with Gasteiger partial charge in [-0.25, -0.2) is 4.21 Å². The summed E-state index contributed by atoms with van der Waals surface area (Å²) in [5.41, 5.74) is 9.89. The normalized spacial score (nSPS) is 10.1. The van der Waals surface area contributed by atoms with E-state index in [9.17, 15) is 9.59 Å². The average Bonchev–Trinajstić information content (AvgIpc) is 2.95. The van der Waals surface area contributed by atoms with Gasteiger partial charge in [0.05, 0.1) is 22.0 Å². The summed E-state index contributed by atoms with van der Waals surface area (Å²) < 4.78 is 9.09. The summed E-state index contributed by atoms with van der Waals surface area (Å²) in [5, 5.41) is 9.06. The summed E-state index contributed by atoms with van der Waals surface area (Å²) in [4.78, 5) is 21.7. The Balaban J connectivity index is 0.000000355. The van der Waals surface area contributed by atoms with Gasteiger partial charge in [-0.3, -0.25) is 9.59 Å². The first-order valence-corrected chi connectivity index (χ1v) is 16.8. The summed E-state index contributed by atoms with van der Waals surface area (Å²) in [5.74, 6) is -0.628. The maximum atomic E-state index is 11.0. The summed E-state index contributed by atoms with van der Waals surface area (Å²) in [6.07, 6.45) is 0. The molecular formula is C30H32Cl2N2O4S3. The largest absolute Gasteiger partial charge is 0.481 e. The number of carboxylic acid groups (broad SMARTS) is 1. The maximum absolute atomic E-state index is 11.0. The predicted molar refractivity (Wildman–Crippen MR) is 176 cm³/mol. The number of carboxylic acids is 1. The highest BCUT2D eigenvalue weighted by molar-refractivity contribution is 8.26. The van der Waals surface area contributed by atoms with Gasteiger partial charge in [0.25, 0.3) is 0 Å². The molecule has 0 fully saturated rings. The number of aliphatic carboxylic acids is 1. The van der Waals surface area contributed by atoms with Crippen LogP contribution in [0.25, 0.3) is 0 Å². The van der Waals surface area contributed by atoms with Gasteiger partial charge in [0.1, 0.15) is 0 Å². The summed E-state index contributed by atoms with van der Waals surface area (Å²) >= 11 is 3.00. The zero-order valence-electron chi connectivity index (χ0n) is 22.1. The van der Waals surface area contributed by atoms with Crippen LogP contribution < -0.4 is 11.9 Å². The van der Waals surface area contributed by atoms with Crippen molar-refractivity contribution in [2.45, 2.75) is 10.5 Å². The van der Waals surface area contributed by atoms with E-state index in [2.05, 4.69) is 45.6 Å². The van der Waals surface area contributed by atoms with E-state index in [1.807, 2.05) is 97.1 Å². The van der Waals surface area contributed by atoms with E-state index in [4.69, 9.17) is 15.0 Å². The van der Waals surface area contributed by atoms with Gasteiger partial charge in [-0.2, -0.15) is 0 Å². The lowest BCUT2D eigenvalue weighted by molar-refractivity contribution is -0.133. The van der Waals surface area contributed by atoms with Crippen LogP contribution in [0.1, 0.15) is 32.8 Å². The first kappa shape index (κ1) is 36.2. The number of carbonyl (C=O) groups is 2. The summed E-state index contributed by atoms with van der Waals surface area (Å²) in [6, 6.07) is 40.3. The molecular weight excluding hydrogens is 619 g/mol. The molecule has 0 bridgehead atoms. The van der Waals surface area contributed by atoms with Crippen LogP contribution in [0.2, 0.25) is 0 Å². The highest BCUT2D eigenvalue weighted by Crippen LogP contribution is 2.36. The van der Waals surface area contributed by atoms with Crippen LogP contribution in [-0.4, -0.2) is 32.7 Å². The molecule has 0 atom stereocenters. The Labute approximate surface area is 261 Å². The van der Waals surface area contributed by atoms with Crippen LogP contribution in [0.3, 0.4) is 0 Å². The molecule has 0 aliphatic rings. The minimum atomic E-state index is -1.67. The highest BCUT2D eigenvalue weighted by Gasteiger charge is 2.16. The van der Waals surface area contributed by atoms with Crippen molar-refractivity contribution in [3.63, 3.8) is 0 Å². The molecule has 0 aromatic heterocycles. The van der Waals surface area contributed by atoms with Crippen LogP contribution in [0.4, 0.5) is 0 Å². The van der Waals surface area contributed by atoms with E-state index >= 15 is 0 Å². The van der Waals surface area contributed by atoms with Crippen molar-refractivity contribution < 1.29 is 18.9 Å². The topological polar surface area (TPSA) is 132 Å². The second-order valence-electron chi connectivity index (χ2n) is 8.07. The predicted octanol–water partition coefficient (Wildman–Crippen LogP) is 7.79. The zero-order chi connectivity index (χ0) is 29.2. The number of carbonyl (C=O) groups excluding carboxylic acids is 1. The average molecular weight is 652 g/mol. The molecule has 0 unspecified atom stereocenters. The Hall–Kier alpha value is -2.79. The number of hydrogen-bond donors (Lipinski definition) is 3. The molecule has 0 spiro atoms. The molecule has 0 saturated heterocycles. The second kappa shape index (κ2) is 21.0. The molecule has 6 N–H and O–H groups in total. The standard InChI is InChI=1S/C15H15NOS.C15H14O2S.Cl2OS.H3N/c2*16-14(17)11-18-15(12-7-3-1-4-8-12)13-9-5-2-6-10-13;1-4(2)3;/h1-10,15H,11H2,(H2,16,17);1-10,15H,11H2,(H,16,17);;1H3. The van der Waals surface area contributed by atoms with Crippen LogP contribution in [0, 0.1) is 0 Å². The number of thioether (sulfide) groups is 2. The van der Waals surface area contributed by atoms with Crippen molar-refractivity contribution in [3.8, 4) is 0 Å². The van der Waals surface area contributed by atoms with Gasteiger partial charge in [0.15, 0.2) is 0 Å². The molecule has 0 heterocycles. The molecule has 11 heteroatoms. The van der Waals surface area contributed by atoms with Crippen molar-refractivity contribution in [3.05, 3.63) is 144 Å². The van der Waals surface area contributed by atoms with Crippen molar-refractivity contribution in [1.82, 2.24) is 6.15 Å². The third kappa shape index (κ3) is 15.1. The number of hydrogen-bond acceptors (Lipinski definition) is 6. The molecule has 0 aliphatic heterocycles. The fourth-order valence-corrected chi connectivity index (χ4v) is 5.64. The lowest BCUT2D eigenvalue weighted by Crippen LogP contribution is -2.14. The molecule has 218 valence electrons. The maximum Gasteiger partial charge on any atom is 0.313 e. The minimum Gasteiger partial charge on any atom is -0.481 e. The lowest BCUT2D eigenvalue weighted by atomic mass is 10.0. The van der Waals surface area contributed by atoms with Gasteiger partial charge >= 0.3 is 5.97 Å². The fourth-order valence-electron chi connectivity index (χ4n) is 3.60. The summed E-state index contributed by atoms with van der Waals surface area (Å²) in [7, 11) is 7.36. The monoisotopic (exact) mass is 650 g/mol. The second-order valence-corrected chi connectivity index (χ2v) is 12.8. The van der Waals surface area contributed by atoms with Crippen molar-refractivity contribution in [1.29, 1.82) is 0 Å². The van der Waals surface area contributed by atoms with E-state index in [1.54, 1.807) is 11.8 Å². The first-order chi connectivity index (χ1) is 19.3. The van der Waals surface area contributed by atoms with Crippen molar-refractivity contribution in [2.75, 3.05) is 11.5 Å². The highest BCUT2D eigenvalue weighted by atomic mass is 36.0. The molecule has 4 aromatic carbocycles. The van der Waals surface area contributed by atoms with E-state index in [-0.39, 0.29) is 28.3 Å². The van der Waals surface area contributed by atoms with E-state index in [0.717, 1.165) is 11.1 Å². The Morgan fingerprint density at radius 3 is 1.10 bits per heavy atom. The molecule has 4 rings (SSSR count). The summed E-state index contributed by atoms with van der Waals surface area (Å²) in [6.45, 7) is 0. The van der Waals surface area contributed by atoms with Crippen LogP contribution in [0.5, 0.6) is 0 Å². The Kier molecular flexibility index (Phi) is 18.6. The molecule has 0 saturated carbocycles. The smallest absolute Gasteiger partial charge is 0.313 e. The third-order valence-corrected chi connectivity index (χ3v) is 7.80. The first-order valence-electron chi connectivity index (χ1n) is 11.9. The molecule has 4 aromatic rings. The van der Waals surface area contributed by atoms with Crippen molar-refractivity contribution in [2.24, 2.45) is 5.73 Å². The number of amides is 1. The zero-order valence-corrected chi connectivity index (χ0v) is 26.0.